The van der Waals surface area contributed by atoms with Crippen LogP contribution in [0.25, 0.3) is 11.3 Å². The Balaban J connectivity index is 1.69. The summed E-state index contributed by atoms with van der Waals surface area (Å²) in [5, 5.41) is 14.2. The van der Waals surface area contributed by atoms with Crippen LogP contribution < -0.4 is 16.4 Å². The van der Waals surface area contributed by atoms with E-state index < -0.39 is 0 Å². The van der Waals surface area contributed by atoms with E-state index in [2.05, 4.69) is 20.6 Å². The molecule has 118 valence electrons. The number of carbonyl (C=O) groups is 1. The van der Waals surface area contributed by atoms with Gasteiger partial charge in [0, 0.05) is 16.9 Å². The molecule has 0 spiro atoms. The molecule has 0 aliphatic carbocycles. The summed E-state index contributed by atoms with van der Waals surface area (Å²) < 4.78 is 0. The molecule has 1 aromatic heterocycles. The minimum atomic E-state index is -0.374. The van der Waals surface area contributed by atoms with E-state index in [1.165, 1.54) is 0 Å². The highest BCUT2D eigenvalue weighted by Gasteiger charge is 2.06. The lowest BCUT2D eigenvalue weighted by molar-refractivity contribution is 0.262. The van der Waals surface area contributed by atoms with Crippen LogP contribution in [-0.2, 0) is 0 Å². The third-order valence-electron chi connectivity index (χ3n) is 3.30. The number of aromatic amines is 1. The third kappa shape index (κ3) is 3.51. The second-order valence-corrected chi connectivity index (χ2v) is 5.03. The molecule has 0 fully saturated rings. The standard InChI is InChI=1S/C17H14N6O/c18-9-11-4-6-13(7-5-11)21-17(24)22-14-3-1-2-12(8-14)15-10-20-16(19)23-15/h1-8,10H,(H3,19,20,23)(H2,21,22,24). The van der Waals surface area contributed by atoms with Gasteiger partial charge in [-0.05, 0) is 36.4 Å². The molecule has 7 heteroatoms. The number of nitrogens with zero attached hydrogens (tertiary/aromatic N) is 2. The van der Waals surface area contributed by atoms with Gasteiger partial charge in [-0.1, -0.05) is 12.1 Å². The fourth-order valence-electron chi connectivity index (χ4n) is 2.17. The van der Waals surface area contributed by atoms with E-state index in [0.29, 0.717) is 22.9 Å². The van der Waals surface area contributed by atoms with Gasteiger partial charge < -0.3 is 21.4 Å². The molecule has 0 radical (unpaired) electrons. The number of rotatable bonds is 3. The predicted molar refractivity (Wildman–Crippen MR) is 92.2 cm³/mol. The molecule has 0 atom stereocenters. The Morgan fingerprint density at radius 1 is 1.12 bits per heavy atom. The number of anilines is 3. The second-order valence-electron chi connectivity index (χ2n) is 5.03. The number of H-pyrrole nitrogens is 1. The summed E-state index contributed by atoms with van der Waals surface area (Å²) in [5.41, 5.74) is 8.97. The van der Waals surface area contributed by atoms with Gasteiger partial charge in [0.05, 0.1) is 23.5 Å². The first kappa shape index (κ1) is 15.1. The van der Waals surface area contributed by atoms with Gasteiger partial charge in [-0.3, -0.25) is 0 Å². The summed E-state index contributed by atoms with van der Waals surface area (Å²) in [5.74, 6) is 0.335. The lowest BCUT2D eigenvalue weighted by Crippen LogP contribution is -2.19. The fraction of sp³-hybridized carbons (Fsp3) is 0. The summed E-state index contributed by atoms with van der Waals surface area (Å²) in [7, 11) is 0. The number of hydrogen-bond acceptors (Lipinski definition) is 4. The first-order chi connectivity index (χ1) is 11.6. The largest absolute Gasteiger partial charge is 0.369 e. The Morgan fingerprint density at radius 2 is 1.88 bits per heavy atom. The zero-order chi connectivity index (χ0) is 16.9. The van der Waals surface area contributed by atoms with Crippen LogP contribution in [0.2, 0.25) is 0 Å². The maximum atomic E-state index is 12.1. The normalized spacial score (nSPS) is 9.96. The van der Waals surface area contributed by atoms with Crippen LogP contribution in [0, 0.1) is 11.3 Å². The molecule has 7 nitrogen and oxygen atoms in total. The van der Waals surface area contributed by atoms with Crippen molar-refractivity contribution in [3.8, 4) is 17.3 Å². The van der Waals surface area contributed by atoms with Gasteiger partial charge in [-0.25, -0.2) is 9.78 Å². The zero-order valence-electron chi connectivity index (χ0n) is 12.6. The lowest BCUT2D eigenvalue weighted by atomic mass is 10.1. The van der Waals surface area contributed by atoms with Crippen molar-refractivity contribution in [2.75, 3.05) is 16.4 Å². The molecule has 24 heavy (non-hydrogen) atoms. The maximum absolute atomic E-state index is 12.1. The van der Waals surface area contributed by atoms with E-state index in [9.17, 15) is 4.79 Å². The molecular formula is C17H14N6O. The number of nitrogens with two attached hydrogens (primary N) is 1. The van der Waals surface area contributed by atoms with Crippen LogP contribution in [-0.4, -0.2) is 16.0 Å². The smallest absolute Gasteiger partial charge is 0.323 e. The highest BCUT2D eigenvalue weighted by atomic mass is 16.2. The molecule has 0 unspecified atom stereocenters. The lowest BCUT2D eigenvalue weighted by Gasteiger charge is -2.08. The number of aromatic nitrogens is 2. The molecule has 3 aromatic rings. The number of hydrogen-bond donors (Lipinski definition) is 4. The van der Waals surface area contributed by atoms with Crippen molar-refractivity contribution < 1.29 is 4.79 Å². The van der Waals surface area contributed by atoms with E-state index in [4.69, 9.17) is 11.0 Å². The Kier molecular flexibility index (Phi) is 4.12. The quantitative estimate of drug-likeness (QED) is 0.592. The van der Waals surface area contributed by atoms with Gasteiger partial charge in [-0.15, -0.1) is 0 Å². The van der Waals surface area contributed by atoms with Gasteiger partial charge in [0.25, 0.3) is 0 Å². The SMILES string of the molecule is N#Cc1ccc(NC(=O)Nc2cccc(-c3cnc(N)[nH]3)c2)cc1. The minimum Gasteiger partial charge on any atom is -0.369 e. The van der Waals surface area contributed by atoms with E-state index >= 15 is 0 Å². The van der Waals surface area contributed by atoms with Crippen LogP contribution in [0.15, 0.2) is 54.7 Å². The van der Waals surface area contributed by atoms with Gasteiger partial charge in [-0.2, -0.15) is 5.26 Å². The summed E-state index contributed by atoms with van der Waals surface area (Å²) in [6.45, 7) is 0. The van der Waals surface area contributed by atoms with Gasteiger partial charge in [0.15, 0.2) is 5.95 Å². The Morgan fingerprint density at radius 3 is 2.54 bits per heavy atom. The van der Waals surface area contributed by atoms with Crippen LogP contribution >= 0.6 is 0 Å². The number of benzene rings is 2. The van der Waals surface area contributed by atoms with E-state index in [0.717, 1.165) is 11.3 Å². The zero-order valence-corrected chi connectivity index (χ0v) is 12.6. The first-order valence-corrected chi connectivity index (χ1v) is 7.13. The van der Waals surface area contributed by atoms with Crippen molar-refractivity contribution in [3.05, 3.63) is 60.3 Å². The second kappa shape index (κ2) is 6.54. The first-order valence-electron chi connectivity index (χ1n) is 7.13. The molecule has 2 amide bonds. The predicted octanol–water partition coefficient (Wildman–Crippen LogP) is 3.17. The molecule has 1 heterocycles. The molecular weight excluding hydrogens is 304 g/mol. The van der Waals surface area contributed by atoms with Gasteiger partial charge in [0.1, 0.15) is 0 Å². The highest BCUT2D eigenvalue weighted by Crippen LogP contribution is 2.21. The van der Waals surface area contributed by atoms with Crippen molar-refractivity contribution in [2.24, 2.45) is 0 Å². The number of imidazole rings is 1. The topological polar surface area (TPSA) is 120 Å². The molecule has 0 saturated heterocycles. The summed E-state index contributed by atoms with van der Waals surface area (Å²) in [4.78, 5) is 18.9. The number of carbonyl (C=O) groups excluding carboxylic acids is 1. The monoisotopic (exact) mass is 318 g/mol. The molecule has 5 N–H and O–H groups in total. The van der Waals surface area contributed by atoms with Crippen LogP contribution in [0.5, 0.6) is 0 Å². The Bertz CT molecular complexity index is 907. The number of nitrogen functional groups attached to an aromatic ring is 1. The van der Waals surface area contributed by atoms with Crippen molar-refractivity contribution in [2.45, 2.75) is 0 Å². The molecule has 0 saturated carbocycles. The van der Waals surface area contributed by atoms with Crippen LogP contribution in [0.4, 0.5) is 22.1 Å². The molecule has 2 aromatic carbocycles. The molecule has 0 aliphatic heterocycles. The van der Waals surface area contributed by atoms with Crippen molar-refractivity contribution in [1.82, 2.24) is 9.97 Å². The van der Waals surface area contributed by atoms with Crippen LogP contribution in [0.1, 0.15) is 5.56 Å². The number of nitriles is 1. The summed E-state index contributed by atoms with van der Waals surface area (Å²) >= 11 is 0. The van der Waals surface area contributed by atoms with E-state index in [-0.39, 0.29) is 6.03 Å². The Labute approximate surface area is 138 Å². The van der Waals surface area contributed by atoms with E-state index in [1.807, 2.05) is 24.3 Å². The van der Waals surface area contributed by atoms with Gasteiger partial charge >= 0.3 is 6.03 Å². The third-order valence-corrected chi connectivity index (χ3v) is 3.30. The minimum absolute atomic E-state index is 0.335. The average Bonchev–Trinajstić information content (AvgIpc) is 3.02. The highest BCUT2D eigenvalue weighted by molar-refractivity contribution is 6.00. The summed E-state index contributed by atoms with van der Waals surface area (Å²) in [6, 6.07) is 15.6. The number of urea groups is 1. The Hall–Kier alpha value is -3.79. The molecule has 0 aliphatic rings. The summed E-state index contributed by atoms with van der Waals surface area (Å²) in [6.07, 6.45) is 1.63. The fourth-order valence-corrected chi connectivity index (χ4v) is 2.17. The van der Waals surface area contributed by atoms with Crippen LogP contribution in [0.3, 0.4) is 0 Å². The molecule has 3 rings (SSSR count). The maximum Gasteiger partial charge on any atom is 0.323 e. The number of amides is 2. The van der Waals surface area contributed by atoms with E-state index in [1.54, 1.807) is 36.5 Å². The van der Waals surface area contributed by atoms with Crippen molar-refractivity contribution >= 4 is 23.4 Å². The number of nitrogens with one attached hydrogen (secondary N) is 3. The van der Waals surface area contributed by atoms with Crippen molar-refractivity contribution in [3.63, 3.8) is 0 Å². The average molecular weight is 318 g/mol. The molecule has 0 bridgehead atoms. The van der Waals surface area contributed by atoms with Gasteiger partial charge in [0.2, 0.25) is 0 Å². The van der Waals surface area contributed by atoms with Crippen molar-refractivity contribution in [1.29, 1.82) is 5.26 Å².